The van der Waals surface area contributed by atoms with E-state index in [-0.39, 0.29) is 29.9 Å². The number of piperazine rings is 1. The molecular formula is C25H29N5O4S. The normalized spacial score (nSPS) is 17.0. The molecule has 5 rings (SSSR count). The average Bonchev–Trinajstić information content (AvgIpc) is 3.62. The second kappa shape index (κ2) is 9.43. The Morgan fingerprint density at radius 2 is 1.80 bits per heavy atom. The van der Waals surface area contributed by atoms with E-state index in [0.29, 0.717) is 37.6 Å². The van der Waals surface area contributed by atoms with Crippen molar-refractivity contribution < 1.29 is 18.0 Å². The van der Waals surface area contributed by atoms with Crippen LogP contribution < -0.4 is 5.32 Å². The number of carbonyl (C=O) groups excluding carboxylic acids is 2. The number of carbonyl (C=O) groups is 2. The molecule has 3 heterocycles. The first-order valence-electron chi connectivity index (χ1n) is 12.0. The third kappa shape index (κ3) is 5.08. The Morgan fingerprint density at radius 3 is 2.46 bits per heavy atom. The molecule has 2 aliphatic rings. The van der Waals surface area contributed by atoms with Gasteiger partial charge >= 0.3 is 0 Å². The number of fused-ring (bicyclic) bond motifs is 1. The zero-order valence-electron chi connectivity index (χ0n) is 19.7. The number of rotatable bonds is 7. The van der Waals surface area contributed by atoms with Crippen LogP contribution in [0.5, 0.6) is 0 Å². The first kappa shape index (κ1) is 23.5. The molecule has 1 aromatic carbocycles. The van der Waals surface area contributed by atoms with Gasteiger partial charge in [-0.1, -0.05) is 24.3 Å². The highest BCUT2D eigenvalue weighted by molar-refractivity contribution is 7.89. The Bertz CT molecular complexity index is 1350. The summed E-state index contributed by atoms with van der Waals surface area (Å²) < 4.78 is 25.5. The highest BCUT2D eigenvalue weighted by Gasteiger charge is 2.30. The van der Waals surface area contributed by atoms with Crippen LogP contribution in [0.4, 0.5) is 5.82 Å². The van der Waals surface area contributed by atoms with Gasteiger partial charge in [0.05, 0.1) is 12.2 Å². The van der Waals surface area contributed by atoms with Crippen LogP contribution in [0.25, 0.3) is 22.2 Å². The number of pyridine rings is 1. The summed E-state index contributed by atoms with van der Waals surface area (Å²) in [5, 5.41) is 3.88. The molecule has 10 heteroatoms. The molecule has 184 valence electrons. The van der Waals surface area contributed by atoms with E-state index in [1.807, 2.05) is 42.6 Å². The molecule has 2 N–H and O–H groups in total. The van der Waals surface area contributed by atoms with Crippen molar-refractivity contribution in [3.63, 3.8) is 0 Å². The predicted octanol–water partition coefficient (Wildman–Crippen LogP) is 2.61. The molecule has 3 aromatic rings. The molecule has 0 radical (unpaired) electrons. The largest absolute Gasteiger partial charge is 0.346 e. The fourth-order valence-corrected chi connectivity index (χ4v) is 5.49. The van der Waals surface area contributed by atoms with E-state index >= 15 is 0 Å². The van der Waals surface area contributed by atoms with Gasteiger partial charge in [-0.25, -0.2) is 13.4 Å². The number of benzene rings is 1. The lowest BCUT2D eigenvalue weighted by Gasteiger charge is -2.33. The second-order valence-corrected chi connectivity index (χ2v) is 11.4. The van der Waals surface area contributed by atoms with Crippen molar-refractivity contribution in [2.75, 3.05) is 37.2 Å². The van der Waals surface area contributed by atoms with Crippen LogP contribution >= 0.6 is 0 Å². The maximum Gasteiger partial charge on any atom is 0.228 e. The molecule has 0 bridgehead atoms. The van der Waals surface area contributed by atoms with Gasteiger partial charge in [0.2, 0.25) is 21.8 Å². The molecule has 0 atom stereocenters. The Morgan fingerprint density at radius 1 is 1.09 bits per heavy atom. The van der Waals surface area contributed by atoms with Gasteiger partial charge < -0.3 is 15.2 Å². The van der Waals surface area contributed by atoms with E-state index in [9.17, 15) is 18.0 Å². The monoisotopic (exact) mass is 495 g/mol. The van der Waals surface area contributed by atoms with Crippen molar-refractivity contribution in [3.8, 4) is 11.1 Å². The van der Waals surface area contributed by atoms with Crippen LogP contribution in [0.2, 0.25) is 0 Å². The molecule has 1 aliphatic heterocycles. The van der Waals surface area contributed by atoms with Gasteiger partial charge in [0, 0.05) is 43.7 Å². The van der Waals surface area contributed by atoms with Gasteiger partial charge in [-0.15, -0.1) is 0 Å². The fraction of sp³-hybridized carbons (Fsp3) is 0.400. The second-order valence-electron chi connectivity index (χ2n) is 9.11. The van der Waals surface area contributed by atoms with Crippen molar-refractivity contribution in [2.24, 2.45) is 5.92 Å². The number of hydrogen-bond acceptors (Lipinski definition) is 5. The van der Waals surface area contributed by atoms with Crippen molar-refractivity contribution >= 4 is 38.7 Å². The van der Waals surface area contributed by atoms with Crippen LogP contribution in [0.1, 0.15) is 25.3 Å². The summed E-state index contributed by atoms with van der Waals surface area (Å²) in [5.41, 5.74) is 3.52. The maximum atomic E-state index is 12.8. The SMILES string of the molecule is CCS(=O)(=O)N1CCN(C(=O)Cc2ccc(-c3cc(NC(=O)C4CC4)nc4[nH]ccc34)cc2)CC1. The summed E-state index contributed by atoms with van der Waals surface area (Å²) in [6.07, 6.45) is 3.94. The summed E-state index contributed by atoms with van der Waals surface area (Å²) in [7, 11) is -3.22. The van der Waals surface area contributed by atoms with Crippen LogP contribution in [0.3, 0.4) is 0 Å². The van der Waals surface area contributed by atoms with Gasteiger partial charge in [0.15, 0.2) is 0 Å². The number of sulfonamides is 1. The Balaban J connectivity index is 1.27. The summed E-state index contributed by atoms with van der Waals surface area (Å²) in [6, 6.07) is 11.7. The summed E-state index contributed by atoms with van der Waals surface area (Å²) >= 11 is 0. The molecule has 1 aliphatic carbocycles. The number of amides is 2. The highest BCUT2D eigenvalue weighted by atomic mass is 32.2. The van der Waals surface area contributed by atoms with Gasteiger partial charge in [0.1, 0.15) is 11.5 Å². The molecule has 2 aromatic heterocycles. The lowest BCUT2D eigenvalue weighted by Crippen LogP contribution is -2.51. The van der Waals surface area contributed by atoms with E-state index < -0.39 is 10.0 Å². The third-order valence-corrected chi connectivity index (χ3v) is 8.58. The number of H-pyrrole nitrogens is 1. The van der Waals surface area contributed by atoms with E-state index in [1.165, 1.54) is 4.31 Å². The van der Waals surface area contributed by atoms with E-state index in [2.05, 4.69) is 15.3 Å². The van der Waals surface area contributed by atoms with Gasteiger partial charge in [-0.3, -0.25) is 9.59 Å². The van der Waals surface area contributed by atoms with Crippen molar-refractivity contribution in [1.29, 1.82) is 0 Å². The minimum Gasteiger partial charge on any atom is -0.346 e. The van der Waals surface area contributed by atoms with Gasteiger partial charge in [-0.2, -0.15) is 4.31 Å². The standard InChI is InChI=1S/C25H29N5O4S/c1-2-35(33,34)30-13-11-29(12-14-30)23(31)15-17-3-5-18(6-4-17)21-16-22(28-25(32)19-7-8-19)27-24-20(21)9-10-26-24/h3-6,9-10,16,19H,2,7-8,11-15H2,1H3,(H2,26,27,28,32). The van der Waals surface area contributed by atoms with E-state index in [1.54, 1.807) is 11.8 Å². The predicted molar refractivity (Wildman–Crippen MR) is 134 cm³/mol. The number of nitrogens with zero attached hydrogens (tertiary/aromatic N) is 3. The molecule has 35 heavy (non-hydrogen) atoms. The van der Waals surface area contributed by atoms with Gasteiger partial charge in [-0.05, 0) is 48.6 Å². The fourth-order valence-electron chi connectivity index (χ4n) is 4.40. The number of anilines is 1. The molecule has 1 saturated heterocycles. The maximum absolute atomic E-state index is 12.8. The Kier molecular flexibility index (Phi) is 6.33. The molecular weight excluding hydrogens is 466 g/mol. The minimum atomic E-state index is -3.22. The topological polar surface area (TPSA) is 115 Å². The molecule has 0 spiro atoms. The first-order chi connectivity index (χ1) is 16.8. The average molecular weight is 496 g/mol. The third-order valence-electron chi connectivity index (χ3n) is 6.70. The summed E-state index contributed by atoms with van der Waals surface area (Å²) in [5.74, 6) is 0.698. The smallest absolute Gasteiger partial charge is 0.228 e. The highest BCUT2D eigenvalue weighted by Crippen LogP contribution is 2.33. The molecule has 2 fully saturated rings. The molecule has 2 amide bonds. The number of hydrogen-bond donors (Lipinski definition) is 2. The quantitative estimate of drug-likeness (QED) is 0.523. The van der Waals surface area contributed by atoms with Crippen molar-refractivity contribution in [1.82, 2.24) is 19.2 Å². The molecule has 0 unspecified atom stereocenters. The molecule has 9 nitrogen and oxygen atoms in total. The summed E-state index contributed by atoms with van der Waals surface area (Å²) in [6.45, 7) is 3.14. The van der Waals surface area contributed by atoms with E-state index in [0.717, 1.165) is 34.9 Å². The van der Waals surface area contributed by atoms with Crippen molar-refractivity contribution in [2.45, 2.75) is 26.2 Å². The lowest BCUT2D eigenvalue weighted by atomic mass is 10.0. The van der Waals surface area contributed by atoms with Crippen LogP contribution in [0, 0.1) is 5.92 Å². The van der Waals surface area contributed by atoms with Gasteiger partial charge in [0.25, 0.3) is 0 Å². The van der Waals surface area contributed by atoms with Crippen LogP contribution in [-0.4, -0.2) is 71.3 Å². The first-order valence-corrected chi connectivity index (χ1v) is 13.6. The number of aromatic nitrogens is 2. The van der Waals surface area contributed by atoms with Crippen LogP contribution in [-0.2, 0) is 26.0 Å². The zero-order valence-corrected chi connectivity index (χ0v) is 20.5. The molecule has 1 saturated carbocycles. The Labute approximate surface area is 204 Å². The van der Waals surface area contributed by atoms with E-state index in [4.69, 9.17) is 0 Å². The zero-order chi connectivity index (χ0) is 24.6. The summed E-state index contributed by atoms with van der Waals surface area (Å²) in [4.78, 5) is 34.4. The lowest BCUT2D eigenvalue weighted by molar-refractivity contribution is -0.131. The number of aromatic amines is 1. The Hall–Kier alpha value is -3.24. The van der Waals surface area contributed by atoms with Crippen molar-refractivity contribution in [3.05, 3.63) is 48.2 Å². The van der Waals surface area contributed by atoms with Crippen LogP contribution in [0.15, 0.2) is 42.6 Å². The minimum absolute atomic E-state index is 0.00620. The number of nitrogens with one attached hydrogen (secondary N) is 2.